The standard InChI is InChI=1S/C11H21NO5S2/c13-7-10-3-1-2-9(10)6-12-19(16,17)11-4-5-18(14,15)8-11/h9-13H,1-8H2. The number of hydrogen-bond acceptors (Lipinski definition) is 5. The maximum atomic E-state index is 12.0. The molecule has 0 aromatic rings. The molecule has 1 aliphatic carbocycles. The van der Waals surface area contributed by atoms with Crippen LogP contribution < -0.4 is 4.72 Å². The highest BCUT2D eigenvalue weighted by atomic mass is 32.2. The maximum absolute atomic E-state index is 12.0. The van der Waals surface area contributed by atoms with E-state index in [0.717, 1.165) is 19.3 Å². The van der Waals surface area contributed by atoms with Crippen molar-refractivity contribution in [2.45, 2.75) is 30.9 Å². The maximum Gasteiger partial charge on any atom is 0.215 e. The number of hydrogen-bond donors (Lipinski definition) is 2. The molecular weight excluding hydrogens is 290 g/mol. The van der Waals surface area contributed by atoms with Crippen molar-refractivity contribution in [3.05, 3.63) is 0 Å². The third-order valence-electron chi connectivity index (χ3n) is 4.23. The molecule has 0 radical (unpaired) electrons. The molecule has 19 heavy (non-hydrogen) atoms. The molecule has 1 aliphatic heterocycles. The van der Waals surface area contributed by atoms with E-state index in [2.05, 4.69) is 4.72 Å². The quantitative estimate of drug-likeness (QED) is 0.713. The van der Waals surface area contributed by atoms with Gasteiger partial charge in [-0.3, -0.25) is 0 Å². The van der Waals surface area contributed by atoms with Crippen molar-refractivity contribution in [1.29, 1.82) is 0 Å². The molecule has 1 saturated heterocycles. The van der Waals surface area contributed by atoms with Gasteiger partial charge in [0.2, 0.25) is 10.0 Å². The first-order chi connectivity index (χ1) is 8.84. The Morgan fingerprint density at radius 2 is 1.84 bits per heavy atom. The lowest BCUT2D eigenvalue weighted by Crippen LogP contribution is -2.38. The first-order valence-electron chi connectivity index (χ1n) is 6.64. The van der Waals surface area contributed by atoms with Crippen LogP contribution in [0.5, 0.6) is 0 Å². The summed E-state index contributed by atoms with van der Waals surface area (Å²) in [5.74, 6) is 0.0188. The van der Waals surface area contributed by atoms with Crippen molar-refractivity contribution in [2.75, 3.05) is 24.7 Å². The third kappa shape index (κ3) is 3.68. The molecule has 0 amide bonds. The third-order valence-corrected chi connectivity index (χ3v) is 8.06. The van der Waals surface area contributed by atoms with Gasteiger partial charge >= 0.3 is 0 Å². The van der Waals surface area contributed by atoms with Crippen molar-refractivity contribution < 1.29 is 21.9 Å². The van der Waals surface area contributed by atoms with Gasteiger partial charge in [0.25, 0.3) is 0 Å². The Morgan fingerprint density at radius 3 is 2.42 bits per heavy atom. The van der Waals surface area contributed by atoms with Gasteiger partial charge in [-0.1, -0.05) is 6.42 Å². The van der Waals surface area contributed by atoms with Crippen LogP contribution in [0.2, 0.25) is 0 Å². The molecular formula is C11H21NO5S2. The summed E-state index contributed by atoms with van der Waals surface area (Å²) < 4.78 is 49.3. The predicted octanol–water partition coefficient (Wildman–Crippen LogP) is -0.498. The molecule has 3 atom stereocenters. The average Bonchev–Trinajstić information content (AvgIpc) is 2.92. The van der Waals surface area contributed by atoms with Crippen LogP contribution in [-0.2, 0) is 19.9 Å². The monoisotopic (exact) mass is 311 g/mol. The van der Waals surface area contributed by atoms with Gasteiger partial charge in [-0.2, -0.15) is 0 Å². The predicted molar refractivity (Wildman–Crippen MR) is 71.9 cm³/mol. The highest BCUT2D eigenvalue weighted by Gasteiger charge is 2.37. The Bertz CT molecular complexity index is 513. The zero-order chi connectivity index (χ0) is 14.1. The molecule has 8 heteroatoms. The molecule has 0 spiro atoms. The SMILES string of the molecule is O=S1(=O)CCC(S(=O)(=O)NCC2CCCC2CO)C1. The van der Waals surface area contributed by atoms with Crippen molar-refractivity contribution in [3.8, 4) is 0 Å². The molecule has 2 N–H and O–H groups in total. The van der Waals surface area contributed by atoms with Gasteiger partial charge in [-0.15, -0.1) is 0 Å². The lowest BCUT2D eigenvalue weighted by Gasteiger charge is -2.19. The Labute approximate surface area is 114 Å². The highest BCUT2D eigenvalue weighted by molar-refractivity contribution is 7.95. The summed E-state index contributed by atoms with van der Waals surface area (Å²) in [5.41, 5.74) is 0. The van der Waals surface area contributed by atoms with Crippen LogP contribution in [0.15, 0.2) is 0 Å². The fraction of sp³-hybridized carbons (Fsp3) is 1.00. The highest BCUT2D eigenvalue weighted by Crippen LogP contribution is 2.31. The van der Waals surface area contributed by atoms with E-state index in [4.69, 9.17) is 0 Å². The second-order valence-corrected chi connectivity index (χ2v) is 9.83. The van der Waals surface area contributed by atoms with Gasteiger partial charge in [0, 0.05) is 13.2 Å². The average molecular weight is 311 g/mol. The normalized spacial score (nSPS) is 34.7. The summed E-state index contributed by atoms with van der Waals surface area (Å²) in [6.45, 7) is 0.397. The molecule has 2 aliphatic rings. The number of aliphatic hydroxyl groups is 1. The summed E-state index contributed by atoms with van der Waals surface area (Å²) in [6, 6.07) is 0. The summed E-state index contributed by atoms with van der Waals surface area (Å²) in [5, 5.41) is 8.38. The fourth-order valence-corrected chi connectivity index (χ4v) is 7.11. The van der Waals surface area contributed by atoms with Gasteiger partial charge in [0.15, 0.2) is 9.84 Å². The summed E-state index contributed by atoms with van der Waals surface area (Å²) in [7, 11) is -6.75. The van der Waals surface area contributed by atoms with Gasteiger partial charge < -0.3 is 5.11 Å². The molecule has 1 heterocycles. The number of sulfone groups is 1. The van der Waals surface area contributed by atoms with E-state index >= 15 is 0 Å². The lowest BCUT2D eigenvalue weighted by atomic mass is 9.97. The number of nitrogens with one attached hydrogen (secondary N) is 1. The number of rotatable bonds is 5. The molecule has 6 nitrogen and oxygen atoms in total. The molecule has 0 bridgehead atoms. The van der Waals surface area contributed by atoms with Crippen molar-refractivity contribution in [3.63, 3.8) is 0 Å². The van der Waals surface area contributed by atoms with Crippen LogP contribution in [-0.4, -0.2) is 51.8 Å². The minimum Gasteiger partial charge on any atom is -0.396 e. The Balaban J connectivity index is 1.91. The van der Waals surface area contributed by atoms with E-state index in [1.807, 2.05) is 0 Å². The van der Waals surface area contributed by atoms with Crippen molar-refractivity contribution in [2.24, 2.45) is 11.8 Å². The zero-order valence-corrected chi connectivity index (χ0v) is 12.4. The minimum absolute atomic E-state index is 0.0404. The van der Waals surface area contributed by atoms with E-state index in [1.54, 1.807) is 0 Å². The Morgan fingerprint density at radius 1 is 1.16 bits per heavy atom. The molecule has 3 unspecified atom stereocenters. The van der Waals surface area contributed by atoms with Crippen molar-refractivity contribution >= 4 is 19.9 Å². The van der Waals surface area contributed by atoms with E-state index in [1.165, 1.54) is 0 Å². The topological polar surface area (TPSA) is 101 Å². The van der Waals surface area contributed by atoms with Gasteiger partial charge in [0.1, 0.15) is 0 Å². The van der Waals surface area contributed by atoms with Crippen LogP contribution in [0.1, 0.15) is 25.7 Å². The first-order valence-corrected chi connectivity index (χ1v) is 10.0. The Hall–Kier alpha value is -0.180. The largest absolute Gasteiger partial charge is 0.396 e. The molecule has 0 aromatic heterocycles. The van der Waals surface area contributed by atoms with Gasteiger partial charge in [-0.05, 0) is 31.1 Å². The summed E-state index contributed by atoms with van der Waals surface area (Å²) in [4.78, 5) is 0. The molecule has 2 rings (SSSR count). The van der Waals surface area contributed by atoms with E-state index in [9.17, 15) is 21.9 Å². The van der Waals surface area contributed by atoms with E-state index in [-0.39, 0.29) is 36.4 Å². The second kappa shape index (κ2) is 5.67. The minimum atomic E-state index is -3.56. The lowest BCUT2D eigenvalue weighted by molar-refractivity contribution is 0.195. The molecule has 112 valence electrons. The summed E-state index contributed by atoms with van der Waals surface area (Å²) >= 11 is 0. The second-order valence-electron chi connectivity index (χ2n) is 5.55. The van der Waals surface area contributed by atoms with Crippen LogP contribution in [0.3, 0.4) is 0 Å². The number of sulfonamides is 1. The van der Waals surface area contributed by atoms with Gasteiger partial charge in [0.05, 0.1) is 16.8 Å². The number of aliphatic hydroxyl groups excluding tert-OH is 1. The Kier molecular flexibility index (Phi) is 4.54. The van der Waals surface area contributed by atoms with Crippen LogP contribution >= 0.6 is 0 Å². The van der Waals surface area contributed by atoms with Crippen LogP contribution in [0, 0.1) is 11.8 Å². The zero-order valence-electron chi connectivity index (χ0n) is 10.8. The van der Waals surface area contributed by atoms with Gasteiger partial charge in [-0.25, -0.2) is 21.6 Å². The van der Waals surface area contributed by atoms with Crippen LogP contribution in [0.25, 0.3) is 0 Å². The van der Waals surface area contributed by atoms with E-state index in [0.29, 0.717) is 6.54 Å². The first kappa shape index (κ1) is 15.2. The van der Waals surface area contributed by atoms with E-state index < -0.39 is 25.1 Å². The van der Waals surface area contributed by atoms with Crippen LogP contribution in [0.4, 0.5) is 0 Å². The smallest absolute Gasteiger partial charge is 0.215 e. The molecule has 0 aromatic carbocycles. The molecule has 1 saturated carbocycles. The fourth-order valence-electron chi connectivity index (χ4n) is 2.97. The molecule has 2 fully saturated rings. The summed E-state index contributed by atoms with van der Waals surface area (Å²) in [6.07, 6.45) is 3.04. The van der Waals surface area contributed by atoms with Crippen molar-refractivity contribution in [1.82, 2.24) is 4.72 Å².